The molecule has 10 aromatic carbocycles. The molecule has 0 nitrogen and oxygen atoms in total. The molecule has 49 heavy (non-hydrogen) atoms. The van der Waals surface area contributed by atoms with E-state index in [9.17, 15) is 0 Å². The molecular weight excluding hydrogens is 589 g/mol. The van der Waals surface area contributed by atoms with Crippen LogP contribution in [0.3, 0.4) is 0 Å². The SMILES string of the molecule is c1cc(-c2ccc3c4ccccc4c4ccccc4c3c2)cc(-c2cccc3c2Cc2c-3ccc3c4ccccc4c4ccccc4c23)c1. The van der Waals surface area contributed by atoms with Gasteiger partial charge in [-0.05, 0) is 128 Å². The van der Waals surface area contributed by atoms with E-state index >= 15 is 0 Å². The molecule has 0 amide bonds. The summed E-state index contributed by atoms with van der Waals surface area (Å²) in [7, 11) is 0. The highest BCUT2D eigenvalue weighted by Gasteiger charge is 2.25. The second kappa shape index (κ2) is 10.1. The Morgan fingerprint density at radius 2 is 0.673 bits per heavy atom. The number of rotatable bonds is 2. The van der Waals surface area contributed by atoms with Gasteiger partial charge in [-0.25, -0.2) is 0 Å². The highest BCUT2D eigenvalue weighted by molar-refractivity contribution is 6.28. The molecule has 0 aliphatic heterocycles. The fourth-order valence-electron chi connectivity index (χ4n) is 8.94. The molecule has 226 valence electrons. The first-order chi connectivity index (χ1) is 24.3. The standard InChI is InChI=1S/C49H30/c1-2-15-36-34(13-1)35-14-4-6-19-40(35)46-28-31(23-24-42(36)46)30-11-9-12-32(27-30)33-21-10-22-41-43-25-26-45-39-18-5-3-16-37(39)38-17-7-8-20-44(38)49(45)48(43)29-47(33)41/h1-28H,29H2. The van der Waals surface area contributed by atoms with Gasteiger partial charge in [-0.2, -0.15) is 0 Å². The maximum Gasteiger partial charge on any atom is -0.0000888 e. The predicted octanol–water partition coefficient (Wildman–Crippen LogP) is 13.5. The molecule has 0 N–H and O–H groups in total. The van der Waals surface area contributed by atoms with E-state index in [2.05, 4.69) is 170 Å². The Labute approximate surface area is 284 Å². The zero-order valence-corrected chi connectivity index (χ0v) is 26.9. The zero-order chi connectivity index (χ0) is 32.1. The zero-order valence-electron chi connectivity index (χ0n) is 26.9. The number of hydrogen-bond acceptors (Lipinski definition) is 0. The lowest BCUT2D eigenvalue weighted by Crippen LogP contribution is -1.90. The maximum absolute atomic E-state index is 2.40. The summed E-state index contributed by atoms with van der Waals surface area (Å²) in [6, 6.07) is 63.3. The largest absolute Gasteiger partial charge is 0.0616 e. The molecule has 1 aliphatic carbocycles. The van der Waals surface area contributed by atoms with Crippen LogP contribution in [0.25, 0.3) is 98.0 Å². The van der Waals surface area contributed by atoms with Gasteiger partial charge in [0.2, 0.25) is 0 Å². The lowest BCUT2D eigenvalue weighted by molar-refractivity contribution is 1.29. The fraction of sp³-hybridized carbons (Fsp3) is 0.0204. The van der Waals surface area contributed by atoms with Gasteiger partial charge < -0.3 is 0 Å². The van der Waals surface area contributed by atoms with E-state index in [-0.39, 0.29) is 0 Å². The van der Waals surface area contributed by atoms with Crippen molar-refractivity contribution in [3.63, 3.8) is 0 Å². The van der Waals surface area contributed by atoms with Crippen LogP contribution in [0, 0.1) is 0 Å². The van der Waals surface area contributed by atoms with Crippen LogP contribution in [0.5, 0.6) is 0 Å². The van der Waals surface area contributed by atoms with E-state index in [1.807, 2.05) is 0 Å². The van der Waals surface area contributed by atoms with Crippen molar-refractivity contribution in [1.82, 2.24) is 0 Å². The summed E-state index contributed by atoms with van der Waals surface area (Å²) >= 11 is 0. The molecule has 0 atom stereocenters. The Morgan fingerprint density at radius 3 is 1.33 bits per heavy atom. The summed E-state index contributed by atoms with van der Waals surface area (Å²) in [5.74, 6) is 0. The molecule has 0 bridgehead atoms. The van der Waals surface area contributed by atoms with Crippen LogP contribution >= 0.6 is 0 Å². The molecule has 0 unspecified atom stereocenters. The first-order valence-corrected chi connectivity index (χ1v) is 17.2. The van der Waals surface area contributed by atoms with Crippen LogP contribution in [-0.2, 0) is 6.42 Å². The Balaban J connectivity index is 1.07. The van der Waals surface area contributed by atoms with E-state index in [4.69, 9.17) is 0 Å². The van der Waals surface area contributed by atoms with Crippen molar-refractivity contribution in [3.8, 4) is 33.4 Å². The summed E-state index contributed by atoms with van der Waals surface area (Å²) in [4.78, 5) is 0. The monoisotopic (exact) mass is 618 g/mol. The first-order valence-electron chi connectivity index (χ1n) is 17.2. The van der Waals surface area contributed by atoms with Crippen molar-refractivity contribution in [3.05, 3.63) is 181 Å². The van der Waals surface area contributed by atoms with Crippen LogP contribution in [-0.4, -0.2) is 0 Å². The second-order valence-corrected chi connectivity index (χ2v) is 13.5. The lowest BCUT2D eigenvalue weighted by Gasteiger charge is -2.14. The molecule has 0 saturated carbocycles. The summed E-state index contributed by atoms with van der Waals surface area (Å²) in [5, 5.41) is 15.9. The molecule has 0 heteroatoms. The average molecular weight is 619 g/mol. The smallest absolute Gasteiger partial charge is 0.0000888 e. The Morgan fingerprint density at radius 1 is 0.245 bits per heavy atom. The Kier molecular flexibility index (Phi) is 5.54. The van der Waals surface area contributed by atoms with Crippen molar-refractivity contribution in [1.29, 1.82) is 0 Å². The molecule has 0 radical (unpaired) electrons. The third kappa shape index (κ3) is 3.80. The first kappa shape index (κ1) is 26.8. The molecule has 0 spiro atoms. The number of hydrogen-bond donors (Lipinski definition) is 0. The van der Waals surface area contributed by atoms with Crippen molar-refractivity contribution in [2.45, 2.75) is 6.42 Å². The van der Waals surface area contributed by atoms with E-state index in [0.29, 0.717) is 0 Å². The van der Waals surface area contributed by atoms with Crippen molar-refractivity contribution >= 4 is 64.6 Å². The third-order valence-electron chi connectivity index (χ3n) is 11.1. The van der Waals surface area contributed by atoms with E-state index in [1.54, 1.807) is 0 Å². The van der Waals surface area contributed by atoms with Gasteiger partial charge in [0.05, 0.1) is 0 Å². The lowest BCUT2D eigenvalue weighted by atomic mass is 9.90. The van der Waals surface area contributed by atoms with Crippen LogP contribution in [0.4, 0.5) is 0 Å². The maximum atomic E-state index is 2.40. The number of fused-ring (bicyclic) bond motifs is 16. The summed E-state index contributed by atoms with van der Waals surface area (Å²) in [6.07, 6.45) is 0.930. The molecule has 0 fully saturated rings. The Bertz CT molecular complexity index is 2940. The predicted molar refractivity (Wildman–Crippen MR) is 211 cm³/mol. The molecular formula is C49H30. The van der Waals surface area contributed by atoms with Gasteiger partial charge in [-0.15, -0.1) is 0 Å². The molecule has 0 heterocycles. The second-order valence-electron chi connectivity index (χ2n) is 13.5. The highest BCUT2D eigenvalue weighted by atomic mass is 14.3. The normalized spacial score (nSPS) is 12.4. The van der Waals surface area contributed by atoms with Crippen LogP contribution in [0.1, 0.15) is 11.1 Å². The van der Waals surface area contributed by atoms with Gasteiger partial charge in [0.25, 0.3) is 0 Å². The summed E-state index contributed by atoms with van der Waals surface area (Å²) < 4.78 is 0. The van der Waals surface area contributed by atoms with Crippen molar-refractivity contribution in [2.75, 3.05) is 0 Å². The fourth-order valence-corrected chi connectivity index (χ4v) is 8.94. The van der Waals surface area contributed by atoms with Crippen LogP contribution < -0.4 is 0 Å². The van der Waals surface area contributed by atoms with E-state index in [0.717, 1.165) is 6.42 Å². The minimum absolute atomic E-state index is 0.930. The van der Waals surface area contributed by atoms with E-state index < -0.39 is 0 Å². The van der Waals surface area contributed by atoms with Gasteiger partial charge >= 0.3 is 0 Å². The molecule has 1 aliphatic rings. The van der Waals surface area contributed by atoms with Gasteiger partial charge in [-0.1, -0.05) is 158 Å². The van der Waals surface area contributed by atoms with Crippen molar-refractivity contribution < 1.29 is 0 Å². The van der Waals surface area contributed by atoms with Gasteiger partial charge in [0, 0.05) is 0 Å². The Hall–Kier alpha value is -6.24. The van der Waals surface area contributed by atoms with Crippen LogP contribution in [0.2, 0.25) is 0 Å². The molecule has 0 aromatic heterocycles. The van der Waals surface area contributed by atoms with E-state index in [1.165, 1.54) is 109 Å². The van der Waals surface area contributed by atoms with Gasteiger partial charge in [0.1, 0.15) is 0 Å². The number of benzene rings is 10. The third-order valence-corrected chi connectivity index (χ3v) is 11.1. The average Bonchev–Trinajstić information content (AvgIpc) is 3.57. The van der Waals surface area contributed by atoms with Crippen LogP contribution in [0.15, 0.2) is 170 Å². The summed E-state index contributed by atoms with van der Waals surface area (Å²) in [5.41, 5.74) is 10.7. The van der Waals surface area contributed by atoms with Crippen molar-refractivity contribution in [2.24, 2.45) is 0 Å². The quantitative estimate of drug-likeness (QED) is 0.169. The minimum Gasteiger partial charge on any atom is -0.0616 e. The summed E-state index contributed by atoms with van der Waals surface area (Å²) in [6.45, 7) is 0. The molecule has 10 aromatic rings. The molecule has 0 saturated heterocycles. The topological polar surface area (TPSA) is 0 Å². The minimum atomic E-state index is 0.930. The van der Waals surface area contributed by atoms with Gasteiger partial charge in [-0.3, -0.25) is 0 Å². The van der Waals surface area contributed by atoms with Gasteiger partial charge in [0.15, 0.2) is 0 Å². The highest BCUT2D eigenvalue weighted by Crippen LogP contribution is 2.48. The molecule has 11 rings (SSSR count).